The number of aliphatic hydroxyl groups excluding tert-OH is 10. The summed E-state index contributed by atoms with van der Waals surface area (Å²) >= 11 is 0. The molecule has 2 unspecified atom stereocenters. The third kappa shape index (κ3) is 4.84. The maximum atomic E-state index is 9.40. The third-order valence-corrected chi connectivity index (χ3v) is 4.49. The fourth-order valence-electron chi connectivity index (χ4n) is 2.73. The standard InChI is InChI=1S/C8H16O5.C6H12O6/c1-2-4-6(10)8(12)7(11)5(3-9)13-4;7-1-2(8)4(10)6(12)5(11)3(1)9/h4-12H,2-3H2,1H3;1-12H/t4-,5?,6?,7+,8+;/m1./s1. The molecule has 1 heterocycles. The molecule has 11 heteroatoms. The van der Waals surface area contributed by atoms with Gasteiger partial charge in [0.25, 0.3) is 0 Å². The van der Waals surface area contributed by atoms with Crippen molar-refractivity contribution in [2.75, 3.05) is 6.61 Å². The fraction of sp³-hybridized carbons (Fsp3) is 1.00. The third-order valence-electron chi connectivity index (χ3n) is 4.49. The highest BCUT2D eigenvalue weighted by molar-refractivity contribution is 4.98. The van der Waals surface area contributed by atoms with Gasteiger partial charge in [-0.1, -0.05) is 6.92 Å². The molecule has 0 aromatic heterocycles. The number of rotatable bonds is 2. The van der Waals surface area contributed by atoms with Crippen LogP contribution in [0.15, 0.2) is 0 Å². The van der Waals surface area contributed by atoms with Crippen molar-refractivity contribution < 1.29 is 55.8 Å². The molecule has 5 atom stereocenters. The minimum absolute atomic E-state index is 0.360. The molecule has 0 bridgehead atoms. The molecule has 0 aromatic rings. The molecule has 1 aliphatic heterocycles. The Bertz CT molecular complexity index is 318. The van der Waals surface area contributed by atoms with E-state index < -0.39 is 67.1 Å². The van der Waals surface area contributed by atoms with Crippen LogP contribution in [-0.2, 0) is 4.74 Å². The molecule has 150 valence electrons. The smallest absolute Gasteiger partial charge is 0.111 e. The largest absolute Gasteiger partial charge is 0.394 e. The van der Waals surface area contributed by atoms with Crippen molar-refractivity contribution in [2.45, 2.75) is 80.5 Å². The van der Waals surface area contributed by atoms with Gasteiger partial charge in [-0.25, -0.2) is 0 Å². The van der Waals surface area contributed by atoms with Crippen molar-refractivity contribution in [2.24, 2.45) is 0 Å². The highest BCUT2D eigenvalue weighted by Gasteiger charge is 2.47. The van der Waals surface area contributed by atoms with Crippen molar-refractivity contribution in [3.63, 3.8) is 0 Å². The summed E-state index contributed by atoms with van der Waals surface area (Å²) in [5.74, 6) is 0. The zero-order valence-corrected chi connectivity index (χ0v) is 13.6. The van der Waals surface area contributed by atoms with Crippen LogP contribution in [-0.4, -0.2) is 125 Å². The maximum Gasteiger partial charge on any atom is 0.111 e. The van der Waals surface area contributed by atoms with Gasteiger partial charge in [0.1, 0.15) is 61.0 Å². The Morgan fingerprint density at radius 3 is 1.08 bits per heavy atom. The van der Waals surface area contributed by atoms with Gasteiger partial charge in [-0.2, -0.15) is 0 Å². The molecular formula is C14H28O11. The highest BCUT2D eigenvalue weighted by atomic mass is 16.5. The first kappa shape index (κ1) is 22.6. The van der Waals surface area contributed by atoms with E-state index in [2.05, 4.69) is 0 Å². The second-order valence-electron chi connectivity index (χ2n) is 6.22. The summed E-state index contributed by atoms with van der Waals surface area (Å²) in [5, 5.41) is 90.7. The minimum Gasteiger partial charge on any atom is -0.394 e. The zero-order chi connectivity index (χ0) is 19.5. The molecule has 0 radical (unpaired) electrons. The van der Waals surface area contributed by atoms with Crippen LogP contribution in [0.3, 0.4) is 0 Å². The van der Waals surface area contributed by atoms with Crippen LogP contribution in [0, 0.1) is 0 Å². The summed E-state index contributed by atoms with van der Waals surface area (Å²) in [5.41, 5.74) is 0. The van der Waals surface area contributed by atoms with Gasteiger partial charge in [-0.3, -0.25) is 0 Å². The molecule has 2 fully saturated rings. The van der Waals surface area contributed by atoms with Gasteiger partial charge < -0.3 is 55.8 Å². The molecule has 0 spiro atoms. The normalized spacial score (nSPS) is 50.8. The molecule has 0 aromatic carbocycles. The molecule has 25 heavy (non-hydrogen) atoms. The topological polar surface area (TPSA) is 212 Å². The molecular weight excluding hydrogens is 344 g/mol. The van der Waals surface area contributed by atoms with Gasteiger partial charge in [0, 0.05) is 0 Å². The van der Waals surface area contributed by atoms with E-state index in [0.29, 0.717) is 6.42 Å². The predicted octanol–water partition coefficient (Wildman–Crippen LogP) is -5.60. The van der Waals surface area contributed by atoms with Crippen molar-refractivity contribution in [1.82, 2.24) is 0 Å². The van der Waals surface area contributed by atoms with Crippen LogP contribution < -0.4 is 0 Å². The molecule has 1 saturated heterocycles. The van der Waals surface area contributed by atoms with Crippen LogP contribution in [0.1, 0.15) is 13.3 Å². The van der Waals surface area contributed by atoms with Gasteiger partial charge in [-0.15, -0.1) is 0 Å². The lowest BCUT2D eigenvalue weighted by Gasteiger charge is -2.39. The van der Waals surface area contributed by atoms with Gasteiger partial charge in [0.05, 0.1) is 12.7 Å². The van der Waals surface area contributed by atoms with Crippen LogP contribution in [0.5, 0.6) is 0 Å². The lowest BCUT2D eigenvalue weighted by molar-refractivity contribution is -0.229. The average molecular weight is 372 g/mol. The second-order valence-corrected chi connectivity index (χ2v) is 6.22. The monoisotopic (exact) mass is 372 g/mol. The molecule has 0 amide bonds. The first-order valence-corrected chi connectivity index (χ1v) is 7.97. The first-order valence-electron chi connectivity index (χ1n) is 7.97. The van der Waals surface area contributed by atoms with Crippen molar-refractivity contribution in [3.8, 4) is 0 Å². The summed E-state index contributed by atoms with van der Waals surface area (Å²) in [6.45, 7) is 1.44. The molecule has 1 aliphatic carbocycles. The zero-order valence-electron chi connectivity index (χ0n) is 13.6. The molecule has 1 saturated carbocycles. The molecule has 2 aliphatic rings. The summed E-state index contributed by atoms with van der Waals surface area (Å²) in [6, 6.07) is 0. The van der Waals surface area contributed by atoms with E-state index in [1.807, 2.05) is 0 Å². The van der Waals surface area contributed by atoms with Crippen LogP contribution in [0.4, 0.5) is 0 Å². The molecule has 2 rings (SSSR count). The fourth-order valence-corrected chi connectivity index (χ4v) is 2.73. The van der Waals surface area contributed by atoms with E-state index in [4.69, 9.17) is 40.5 Å². The maximum absolute atomic E-state index is 9.40. The number of aliphatic hydroxyl groups is 10. The Hall–Kier alpha value is -0.440. The van der Waals surface area contributed by atoms with Crippen molar-refractivity contribution in [1.29, 1.82) is 0 Å². The SMILES string of the molecule is CC[C@H]1OC(CO)[C@H](O)[C@@H](O)C1O.OC1C(O)C(O)C(O)C(O)C1O. The summed E-state index contributed by atoms with van der Waals surface area (Å²) in [4.78, 5) is 0. The number of hydrogen-bond donors (Lipinski definition) is 10. The Labute approximate surface area is 144 Å². The van der Waals surface area contributed by atoms with E-state index in [9.17, 15) is 15.3 Å². The quantitative estimate of drug-likeness (QED) is 0.221. The van der Waals surface area contributed by atoms with E-state index >= 15 is 0 Å². The Morgan fingerprint density at radius 2 is 0.800 bits per heavy atom. The van der Waals surface area contributed by atoms with Gasteiger partial charge in [0.2, 0.25) is 0 Å². The van der Waals surface area contributed by atoms with Gasteiger partial charge in [0.15, 0.2) is 0 Å². The van der Waals surface area contributed by atoms with Crippen molar-refractivity contribution >= 4 is 0 Å². The Balaban J connectivity index is 0.000000251. The van der Waals surface area contributed by atoms with Crippen LogP contribution >= 0.6 is 0 Å². The summed E-state index contributed by atoms with van der Waals surface area (Å²) < 4.78 is 5.17. The van der Waals surface area contributed by atoms with E-state index in [1.54, 1.807) is 6.92 Å². The molecule has 10 N–H and O–H groups in total. The molecule has 11 nitrogen and oxygen atoms in total. The first-order chi connectivity index (χ1) is 11.6. The van der Waals surface area contributed by atoms with Gasteiger partial charge >= 0.3 is 0 Å². The van der Waals surface area contributed by atoms with E-state index in [-0.39, 0.29) is 6.61 Å². The number of ether oxygens (including phenoxy) is 1. The van der Waals surface area contributed by atoms with E-state index in [1.165, 1.54) is 0 Å². The lowest BCUT2D eigenvalue weighted by atomic mass is 9.85. The minimum atomic E-state index is -1.64. The summed E-state index contributed by atoms with van der Waals surface area (Å²) in [7, 11) is 0. The lowest BCUT2D eigenvalue weighted by Crippen LogP contribution is -2.63. The predicted molar refractivity (Wildman–Crippen MR) is 80.1 cm³/mol. The van der Waals surface area contributed by atoms with Gasteiger partial charge in [-0.05, 0) is 6.42 Å². The Morgan fingerprint density at radius 1 is 0.520 bits per heavy atom. The van der Waals surface area contributed by atoms with Crippen LogP contribution in [0.2, 0.25) is 0 Å². The average Bonchev–Trinajstić information content (AvgIpc) is 2.62. The van der Waals surface area contributed by atoms with E-state index in [0.717, 1.165) is 0 Å². The van der Waals surface area contributed by atoms with Crippen LogP contribution in [0.25, 0.3) is 0 Å². The summed E-state index contributed by atoms with van der Waals surface area (Å²) in [6.07, 6.45) is -14.2. The highest BCUT2D eigenvalue weighted by Crippen LogP contribution is 2.23. The Kier molecular flexibility index (Phi) is 8.57. The second kappa shape index (κ2) is 9.48. The van der Waals surface area contributed by atoms with Crippen molar-refractivity contribution in [3.05, 3.63) is 0 Å². The number of hydrogen-bond acceptors (Lipinski definition) is 11.